The van der Waals surface area contributed by atoms with Gasteiger partial charge in [0.1, 0.15) is 12.2 Å². The second-order valence-corrected chi connectivity index (χ2v) is 3.04. The summed E-state index contributed by atoms with van der Waals surface area (Å²) in [5.41, 5.74) is 0. The van der Waals surface area contributed by atoms with Crippen molar-refractivity contribution in [2.24, 2.45) is 0 Å². The summed E-state index contributed by atoms with van der Waals surface area (Å²) in [7, 11) is 0. The van der Waals surface area contributed by atoms with Crippen LogP contribution in [0.15, 0.2) is 0 Å². The van der Waals surface area contributed by atoms with Crippen LogP contribution in [0.1, 0.15) is 0 Å². The van der Waals surface area contributed by atoms with Gasteiger partial charge in [0.05, 0.1) is 18.8 Å². The molecule has 4 unspecified atom stereocenters. The summed E-state index contributed by atoms with van der Waals surface area (Å²) < 4.78 is 0. The molecule has 0 bridgehead atoms. The summed E-state index contributed by atoms with van der Waals surface area (Å²) in [4.78, 5) is 0. The number of hydrogen-bond acceptors (Lipinski definition) is 6. The van der Waals surface area contributed by atoms with Crippen molar-refractivity contribution < 1.29 is 25.5 Å². The zero-order valence-electron chi connectivity index (χ0n) is 7.87. The molecule has 6 heteroatoms. The molecule has 4 atom stereocenters. The molecule has 0 fully saturated rings. The summed E-state index contributed by atoms with van der Waals surface area (Å²) in [5, 5.41) is 47.5. The Morgan fingerprint density at radius 2 is 1.64 bits per heavy atom. The van der Waals surface area contributed by atoms with Gasteiger partial charge in [0.15, 0.2) is 0 Å². The summed E-state index contributed by atoms with van der Waals surface area (Å²) in [6.07, 6.45) is -5.51. The highest BCUT2D eigenvalue weighted by Crippen LogP contribution is 2.03. The Labute approximate surface area is 82.8 Å². The van der Waals surface area contributed by atoms with Gasteiger partial charge in [0, 0.05) is 13.1 Å². The van der Waals surface area contributed by atoms with Crippen molar-refractivity contribution in [2.45, 2.75) is 24.4 Å². The van der Waals surface area contributed by atoms with Gasteiger partial charge >= 0.3 is 0 Å². The lowest BCUT2D eigenvalue weighted by molar-refractivity contribution is -0.0926. The Morgan fingerprint density at radius 1 is 1.07 bits per heavy atom. The fourth-order valence-corrected chi connectivity index (χ4v) is 0.905. The maximum absolute atomic E-state index is 9.27. The molecule has 0 aromatic carbocycles. The smallest absolute Gasteiger partial charge is 0.109 e. The number of hydrogen-bond donors (Lipinski definition) is 6. The highest BCUT2D eigenvalue weighted by atomic mass is 16.4. The molecule has 1 radical (unpaired) electrons. The quantitative estimate of drug-likeness (QED) is 0.246. The highest BCUT2D eigenvalue weighted by Gasteiger charge is 2.27. The van der Waals surface area contributed by atoms with E-state index < -0.39 is 24.4 Å². The molecule has 0 heterocycles. The first-order valence-corrected chi connectivity index (χ1v) is 4.37. The van der Waals surface area contributed by atoms with E-state index in [0.29, 0.717) is 0 Å². The fraction of sp³-hybridized carbons (Fsp3) is 0.875. The molecule has 0 saturated carbocycles. The van der Waals surface area contributed by atoms with Crippen LogP contribution in [0.5, 0.6) is 0 Å². The predicted octanol–water partition coefficient (Wildman–Crippen LogP) is -3.15. The molecule has 0 aromatic rings. The lowest BCUT2D eigenvalue weighted by atomic mass is 10.0. The van der Waals surface area contributed by atoms with Crippen LogP contribution in [0.25, 0.3) is 0 Å². The Balaban J connectivity index is 3.80. The molecule has 0 rings (SSSR count). The molecule has 0 aromatic heterocycles. The maximum atomic E-state index is 9.27. The van der Waals surface area contributed by atoms with Gasteiger partial charge in [-0.15, -0.1) is 0 Å². The van der Waals surface area contributed by atoms with Gasteiger partial charge in [-0.3, -0.25) is 0 Å². The van der Waals surface area contributed by atoms with Crippen molar-refractivity contribution in [1.29, 1.82) is 0 Å². The van der Waals surface area contributed by atoms with E-state index in [1.54, 1.807) is 0 Å². The highest BCUT2D eigenvalue weighted by molar-refractivity contribution is 4.82. The standard InChI is InChI=1S/C8H18NO5/c1-5(11)7(13)8(14)6(12)4-9-2-3-10/h5-14H,1-4H2. The minimum absolute atomic E-state index is 0.0194. The second-order valence-electron chi connectivity index (χ2n) is 3.04. The van der Waals surface area contributed by atoms with E-state index in [0.717, 1.165) is 0 Å². The third-order valence-electron chi connectivity index (χ3n) is 1.78. The van der Waals surface area contributed by atoms with Crippen LogP contribution in [-0.2, 0) is 0 Å². The summed E-state index contributed by atoms with van der Waals surface area (Å²) in [6.45, 7) is 3.34. The zero-order chi connectivity index (χ0) is 11.1. The first-order chi connectivity index (χ1) is 6.50. The van der Waals surface area contributed by atoms with Gasteiger partial charge < -0.3 is 30.8 Å². The monoisotopic (exact) mass is 208 g/mol. The molecule has 6 nitrogen and oxygen atoms in total. The summed E-state index contributed by atoms with van der Waals surface area (Å²) >= 11 is 0. The van der Waals surface area contributed by atoms with Gasteiger partial charge in [0.2, 0.25) is 0 Å². The molecule has 85 valence electrons. The average molecular weight is 208 g/mol. The van der Waals surface area contributed by atoms with Crippen LogP contribution in [0.2, 0.25) is 0 Å². The van der Waals surface area contributed by atoms with Gasteiger partial charge in [-0.2, -0.15) is 0 Å². The first-order valence-electron chi connectivity index (χ1n) is 4.37. The normalized spacial score (nSPS) is 20.1. The van der Waals surface area contributed by atoms with Crippen LogP contribution in [0, 0.1) is 6.92 Å². The summed E-state index contributed by atoms with van der Waals surface area (Å²) in [5.74, 6) is 0. The van der Waals surface area contributed by atoms with Gasteiger partial charge in [-0.25, -0.2) is 0 Å². The van der Waals surface area contributed by atoms with Crippen molar-refractivity contribution in [2.75, 3.05) is 19.7 Å². The average Bonchev–Trinajstić information content (AvgIpc) is 2.15. The van der Waals surface area contributed by atoms with E-state index in [-0.39, 0.29) is 19.7 Å². The van der Waals surface area contributed by atoms with Crippen molar-refractivity contribution in [3.63, 3.8) is 0 Å². The molecule has 0 aliphatic carbocycles. The van der Waals surface area contributed by atoms with Crippen LogP contribution in [0.4, 0.5) is 0 Å². The van der Waals surface area contributed by atoms with Crippen molar-refractivity contribution in [1.82, 2.24) is 5.32 Å². The van der Waals surface area contributed by atoms with E-state index in [1.165, 1.54) is 0 Å². The minimum Gasteiger partial charge on any atom is -0.395 e. The van der Waals surface area contributed by atoms with E-state index >= 15 is 0 Å². The van der Waals surface area contributed by atoms with E-state index in [1.807, 2.05) is 0 Å². The van der Waals surface area contributed by atoms with E-state index in [2.05, 4.69) is 12.2 Å². The zero-order valence-corrected chi connectivity index (χ0v) is 7.87. The molecular formula is C8H18NO5. The number of rotatable bonds is 7. The molecule has 0 spiro atoms. The fourth-order valence-electron chi connectivity index (χ4n) is 0.905. The Hall–Kier alpha value is -0.240. The van der Waals surface area contributed by atoms with Gasteiger partial charge in [-0.1, -0.05) is 0 Å². The number of nitrogens with one attached hydrogen (secondary N) is 1. The largest absolute Gasteiger partial charge is 0.395 e. The lowest BCUT2D eigenvalue weighted by Crippen LogP contribution is -2.47. The molecule has 0 saturated heterocycles. The number of aliphatic hydroxyl groups excluding tert-OH is 5. The van der Waals surface area contributed by atoms with Gasteiger partial charge in [0.25, 0.3) is 0 Å². The second kappa shape index (κ2) is 7.10. The third-order valence-corrected chi connectivity index (χ3v) is 1.78. The molecule has 14 heavy (non-hydrogen) atoms. The van der Waals surface area contributed by atoms with Crippen LogP contribution < -0.4 is 5.32 Å². The van der Waals surface area contributed by atoms with Gasteiger partial charge in [-0.05, 0) is 6.92 Å². The SMILES string of the molecule is [CH2]C(O)C(O)C(O)C(O)CNCCO. The van der Waals surface area contributed by atoms with E-state index in [4.69, 9.17) is 15.3 Å². The minimum atomic E-state index is -1.49. The van der Waals surface area contributed by atoms with Crippen molar-refractivity contribution in [3.8, 4) is 0 Å². The van der Waals surface area contributed by atoms with Crippen LogP contribution in [-0.4, -0.2) is 69.6 Å². The molecular weight excluding hydrogens is 190 g/mol. The Bertz CT molecular complexity index is 144. The Kier molecular flexibility index (Phi) is 6.98. The predicted molar refractivity (Wildman–Crippen MR) is 49.3 cm³/mol. The summed E-state index contributed by atoms with van der Waals surface area (Å²) in [6, 6.07) is 0. The molecule has 0 amide bonds. The van der Waals surface area contributed by atoms with Crippen LogP contribution in [0.3, 0.4) is 0 Å². The molecule has 0 aliphatic heterocycles. The lowest BCUT2D eigenvalue weighted by Gasteiger charge is -2.24. The van der Waals surface area contributed by atoms with E-state index in [9.17, 15) is 10.2 Å². The van der Waals surface area contributed by atoms with Crippen LogP contribution >= 0.6 is 0 Å². The third kappa shape index (κ3) is 4.85. The topological polar surface area (TPSA) is 113 Å². The molecule has 6 N–H and O–H groups in total. The Morgan fingerprint density at radius 3 is 2.07 bits per heavy atom. The molecule has 0 aliphatic rings. The maximum Gasteiger partial charge on any atom is 0.109 e. The number of aliphatic hydroxyl groups is 5. The van der Waals surface area contributed by atoms with Crippen molar-refractivity contribution >= 4 is 0 Å². The van der Waals surface area contributed by atoms with Crippen molar-refractivity contribution in [3.05, 3.63) is 6.92 Å². The first kappa shape index (κ1) is 13.8.